The van der Waals surface area contributed by atoms with Crippen molar-refractivity contribution < 1.29 is 9.13 Å². The molecule has 2 unspecified atom stereocenters. The predicted molar refractivity (Wildman–Crippen MR) is 85.2 cm³/mol. The van der Waals surface area contributed by atoms with E-state index in [0.717, 1.165) is 50.0 Å². The molecule has 1 aliphatic heterocycles. The molecule has 2 rings (SSSR count). The van der Waals surface area contributed by atoms with E-state index in [2.05, 4.69) is 11.8 Å². The van der Waals surface area contributed by atoms with E-state index in [1.807, 2.05) is 13.0 Å². The van der Waals surface area contributed by atoms with E-state index < -0.39 is 0 Å². The van der Waals surface area contributed by atoms with Crippen LogP contribution in [0.3, 0.4) is 0 Å². The minimum Gasteiger partial charge on any atom is -0.377 e. The van der Waals surface area contributed by atoms with Crippen LogP contribution in [0.1, 0.15) is 38.7 Å². The molecule has 1 aromatic carbocycles. The molecule has 4 heteroatoms. The van der Waals surface area contributed by atoms with Gasteiger partial charge < -0.3 is 15.4 Å². The van der Waals surface area contributed by atoms with Crippen LogP contribution >= 0.6 is 0 Å². The molecule has 1 aliphatic rings. The Balaban J connectivity index is 2.20. The summed E-state index contributed by atoms with van der Waals surface area (Å²) in [5.74, 6) is -0.145. The van der Waals surface area contributed by atoms with Gasteiger partial charge in [-0.15, -0.1) is 0 Å². The van der Waals surface area contributed by atoms with Crippen LogP contribution < -0.4 is 10.6 Å². The topological polar surface area (TPSA) is 38.5 Å². The number of para-hydroxylation sites is 1. The number of benzene rings is 1. The molecule has 0 amide bonds. The summed E-state index contributed by atoms with van der Waals surface area (Å²) in [5, 5.41) is 0. The summed E-state index contributed by atoms with van der Waals surface area (Å²) in [6, 6.07) is 5.40. The second-order valence-corrected chi connectivity index (χ2v) is 5.79. The van der Waals surface area contributed by atoms with Crippen LogP contribution in [0, 0.1) is 5.82 Å². The van der Waals surface area contributed by atoms with Gasteiger partial charge in [0.1, 0.15) is 5.82 Å². The molecule has 3 nitrogen and oxygen atoms in total. The van der Waals surface area contributed by atoms with E-state index in [-0.39, 0.29) is 18.0 Å². The second-order valence-electron chi connectivity index (χ2n) is 5.79. The number of anilines is 1. The molecule has 1 heterocycles. The number of hydrogen-bond donors (Lipinski definition) is 1. The number of nitrogens with two attached hydrogens (primary N) is 1. The minimum absolute atomic E-state index is 0.0815. The van der Waals surface area contributed by atoms with Gasteiger partial charge in [0.05, 0.1) is 11.8 Å². The van der Waals surface area contributed by atoms with Gasteiger partial charge >= 0.3 is 0 Å². The van der Waals surface area contributed by atoms with Gasteiger partial charge in [-0.05, 0) is 44.2 Å². The van der Waals surface area contributed by atoms with Crippen molar-refractivity contribution in [2.45, 2.75) is 51.7 Å². The van der Waals surface area contributed by atoms with Crippen LogP contribution in [0.4, 0.5) is 10.1 Å². The number of piperidine rings is 1. The third kappa shape index (κ3) is 4.17. The fourth-order valence-corrected chi connectivity index (χ4v) is 3.02. The molecule has 2 atom stereocenters. The molecule has 0 saturated carbocycles. The summed E-state index contributed by atoms with van der Waals surface area (Å²) in [6.45, 7) is 6.44. The monoisotopic (exact) mass is 294 g/mol. The van der Waals surface area contributed by atoms with E-state index in [1.165, 1.54) is 0 Å². The maximum atomic E-state index is 14.4. The molecule has 0 radical (unpaired) electrons. The lowest BCUT2D eigenvalue weighted by Gasteiger charge is -2.35. The quantitative estimate of drug-likeness (QED) is 0.876. The Morgan fingerprint density at radius 3 is 2.95 bits per heavy atom. The van der Waals surface area contributed by atoms with Crippen molar-refractivity contribution in [3.8, 4) is 0 Å². The molecule has 1 fully saturated rings. The Bertz CT molecular complexity index is 450. The van der Waals surface area contributed by atoms with Crippen molar-refractivity contribution in [2.24, 2.45) is 5.73 Å². The van der Waals surface area contributed by atoms with Gasteiger partial charge in [0.25, 0.3) is 0 Å². The smallest absolute Gasteiger partial charge is 0.146 e. The first-order valence-electron chi connectivity index (χ1n) is 8.05. The van der Waals surface area contributed by atoms with Crippen molar-refractivity contribution in [1.29, 1.82) is 0 Å². The average molecular weight is 294 g/mol. The van der Waals surface area contributed by atoms with Crippen molar-refractivity contribution >= 4 is 5.69 Å². The largest absolute Gasteiger partial charge is 0.377 e. The summed E-state index contributed by atoms with van der Waals surface area (Å²) >= 11 is 0. The molecule has 1 saturated heterocycles. The van der Waals surface area contributed by atoms with E-state index >= 15 is 0 Å². The maximum Gasteiger partial charge on any atom is 0.146 e. The van der Waals surface area contributed by atoms with E-state index in [0.29, 0.717) is 6.61 Å². The van der Waals surface area contributed by atoms with E-state index in [9.17, 15) is 4.39 Å². The Morgan fingerprint density at radius 1 is 1.43 bits per heavy atom. The zero-order valence-corrected chi connectivity index (χ0v) is 13.1. The summed E-state index contributed by atoms with van der Waals surface area (Å²) in [6.07, 6.45) is 3.92. The Hall–Kier alpha value is -1.13. The Kier molecular flexibility index (Phi) is 6.00. The van der Waals surface area contributed by atoms with Gasteiger partial charge in [-0.1, -0.05) is 19.1 Å². The van der Waals surface area contributed by atoms with Crippen LogP contribution in [0.15, 0.2) is 18.2 Å². The minimum atomic E-state index is -0.145. The van der Waals surface area contributed by atoms with Crippen molar-refractivity contribution in [1.82, 2.24) is 0 Å². The molecule has 0 aromatic heterocycles. The number of rotatable bonds is 6. The highest BCUT2D eigenvalue weighted by molar-refractivity contribution is 5.55. The normalized spacial score (nSPS) is 20.6. The number of halogens is 1. The van der Waals surface area contributed by atoms with Crippen molar-refractivity contribution in [3.63, 3.8) is 0 Å². The average Bonchev–Trinajstić information content (AvgIpc) is 2.48. The molecule has 118 valence electrons. The third-order valence-electron chi connectivity index (χ3n) is 4.17. The summed E-state index contributed by atoms with van der Waals surface area (Å²) in [4.78, 5) is 2.14. The second kappa shape index (κ2) is 7.76. The fraction of sp³-hybridized carbons (Fsp3) is 0.647. The zero-order valence-electron chi connectivity index (χ0n) is 13.1. The summed E-state index contributed by atoms with van der Waals surface area (Å²) in [7, 11) is 0. The summed E-state index contributed by atoms with van der Waals surface area (Å²) in [5.41, 5.74) is 7.81. The van der Waals surface area contributed by atoms with Crippen molar-refractivity contribution in [3.05, 3.63) is 29.6 Å². The molecule has 2 N–H and O–H groups in total. The van der Waals surface area contributed by atoms with Crippen LogP contribution in [0.2, 0.25) is 0 Å². The first-order valence-corrected chi connectivity index (χ1v) is 8.05. The van der Waals surface area contributed by atoms with Crippen LogP contribution in [-0.4, -0.2) is 31.8 Å². The SMILES string of the molecule is CCOC1CCCN(c2c(F)cccc2CC(N)CC)C1. The molecule has 1 aromatic rings. The van der Waals surface area contributed by atoms with Crippen LogP contribution in [0.5, 0.6) is 0 Å². The maximum absolute atomic E-state index is 14.4. The number of ether oxygens (including phenoxy) is 1. The van der Waals surface area contributed by atoms with Crippen molar-refractivity contribution in [2.75, 3.05) is 24.6 Å². The molecule has 0 spiro atoms. The van der Waals surface area contributed by atoms with E-state index in [4.69, 9.17) is 10.5 Å². The standard InChI is InChI=1S/C17H27FN2O/c1-3-14(19)11-13-7-5-9-16(18)17(13)20-10-6-8-15(12-20)21-4-2/h5,7,9,14-15H,3-4,6,8,10-12,19H2,1-2H3. The van der Waals surface area contributed by atoms with E-state index in [1.54, 1.807) is 12.1 Å². The highest BCUT2D eigenvalue weighted by atomic mass is 19.1. The molecular formula is C17H27FN2O. The van der Waals surface area contributed by atoms with Crippen LogP contribution in [-0.2, 0) is 11.2 Å². The third-order valence-corrected chi connectivity index (χ3v) is 4.17. The van der Waals surface area contributed by atoms with Gasteiger partial charge in [0.15, 0.2) is 0 Å². The van der Waals surface area contributed by atoms with Gasteiger partial charge in [0, 0.05) is 25.7 Å². The molecule has 21 heavy (non-hydrogen) atoms. The number of hydrogen-bond acceptors (Lipinski definition) is 3. The number of nitrogens with zero attached hydrogens (tertiary/aromatic N) is 1. The molecule has 0 aliphatic carbocycles. The lowest BCUT2D eigenvalue weighted by Crippen LogP contribution is -2.41. The van der Waals surface area contributed by atoms with Crippen LogP contribution in [0.25, 0.3) is 0 Å². The fourth-order valence-electron chi connectivity index (χ4n) is 3.02. The first kappa shape index (κ1) is 16.2. The Morgan fingerprint density at radius 2 is 2.24 bits per heavy atom. The molecule has 0 bridgehead atoms. The zero-order chi connectivity index (χ0) is 15.2. The highest BCUT2D eigenvalue weighted by Crippen LogP contribution is 2.29. The lowest BCUT2D eigenvalue weighted by atomic mass is 9.99. The molecular weight excluding hydrogens is 267 g/mol. The van der Waals surface area contributed by atoms with Gasteiger partial charge in [0.2, 0.25) is 0 Å². The lowest BCUT2D eigenvalue weighted by molar-refractivity contribution is 0.0525. The highest BCUT2D eigenvalue weighted by Gasteiger charge is 2.24. The first-order chi connectivity index (χ1) is 10.2. The predicted octanol–water partition coefficient (Wildman–Crippen LogP) is 3.11. The van der Waals surface area contributed by atoms with Gasteiger partial charge in [-0.3, -0.25) is 0 Å². The van der Waals surface area contributed by atoms with Gasteiger partial charge in [-0.2, -0.15) is 0 Å². The summed E-state index contributed by atoms with van der Waals surface area (Å²) < 4.78 is 20.1. The van der Waals surface area contributed by atoms with Gasteiger partial charge in [-0.25, -0.2) is 4.39 Å². The Labute approximate surface area is 127 Å².